The van der Waals surface area contributed by atoms with Crippen LogP contribution in [0.25, 0.3) is 10.2 Å². The predicted molar refractivity (Wildman–Crippen MR) is 73.7 cm³/mol. The van der Waals surface area contributed by atoms with E-state index in [0.29, 0.717) is 24.7 Å². The normalized spacial score (nSPS) is 11.1. The molecule has 0 fully saturated rings. The van der Waals surface area contributed by atoms with E-state index in [1.54, 1.807) is 6.92 Å². The van der Waals surface area contributed by atoms with E-state index in [1.807, 2.05) is 11.4 Å². The summed E-state index contributed by atoms with van der Waals surface area (Å²) in [4.78, 5) is 13.4. The van der Waals surface area contributed by atoms with Gasteiger partial charge in [0.05, 0.1) is 5.39 Å². The number of halogens is 1. The van der Waals surface area contributed by atoms with Crippen LogP contribution >= 0.6 is 22.9 Å². The molecular weight excluding hydrogens is 286 g/mol. The molecule has 6 nitrogen and oxygen atoms in total. The summed E-state index contributed by atoms with van der Waals surface area (Å²) in [6, 6.07) is 1.97. The summed E-state index contributed by atoms with van der Waals surface area (Å²) in [5.41, 5.74) is 0. The first kappa shape index (κ1) is 12.3. The number of anilines is 1. The van der Waals surface area contributed by atoms with Gasteiger partial charge in [0, 0.05) is 13.0 Å². The van der Waals surface area contributed by atoms with E-state index in [9.17, 15) is 0 Å². The summed E-state index contributed by atoms with van der Waals surface area (Å²) in [7, 11) is 0. The minimum atomic E-state index is 0.242. The SMILES string of the molecule is Cc1noc(CCNc2nc(Cl)nc3sccc23)n1. The lowest BCUT2D eigenvalue weighted by atomic mass is 10.3. The number of nitrogens with one attached hydrogen (secondary N) is 1. The van der Waals surface area contributed by atoms with E-state index >= 15 is 0 Å². The molecular formula is C11H10ClN5OS. The molecule has 0 aliphatic heterocycles. The molecule has 0 aromatic carbocycles. The molecule has 3 rings (SSSR count). The van der Waals surface area contributed by atoms with Crippen LogP contribution in [0.15, 0.2) is 16.0 Å². The maximum absolute atomic E-state index is 5.88. The van der Waals surface area contributed by atoms with E-state index in [4.69, 9.17) is 16.1 Å². The third-order valence-corrected chi connectivity index (χ3v) is 3.47. The predicted octanol–water partition coefficient (Wildman–Crippen LogP) is 2.69. The van der Waals surface area contributed by atoms with Gasteiger partial charge in [-0.2, -0.15) is 4.98 Å². The third-order valence-electron chi connectivity index (χ3n) is 2.50. The summed E-state index contributed by atoms with van der Waals surface area (Å²) >= 11 is 7.42. The fraction of sp³-hybridized carbons (Fsp3) is 0.273. The highest BCUT2D eigenvalue weighted by atomic mass is 35.5. The zero-order valence-electron chi connectivity index (χ0n) is 10.1. The van der Waals surface area contributed by atoms with Crippen molar-refractivity contribution in [3.63, 3.8) is 0 Å². The lowest BCUT2D eigenvalue weighted by Gasteiger charge is -2.05. The number of thiophene rings is 1. The van der Waals surface area contributed by atoms with E-state index in [1.165, 1.54) is 11.3 Å². The lowest BCUT2D eigenvalue weighted by Crippen LogP contribution is -2.07. The second-order valence-corrected chi connectivity index (χ2v) is 5.13. The summed E-state index contributed by atoms with van der Waals surface area (Å²) in [6.07, 6.45) is 0.633. The van der Waals surface area contributed by atoms with E-state index in [2.05, 4.69) is 25.4 Å². The van der Waals surface area contributed by atoms with Gasteiger partial charge in [0.25, 0.3) is 0 Å². The fourth-order valence-corrected chi connectivity index (χ4v) is 2.68. The topological polar surface area (TPSA) is 76.7 Å². The molecule has 8 heteroatoms. The van der Waals surface area contributed by atoms with Crippen LogP contribution < -0.4 is 5.32 Å². The zero-order chi connectivity index (χ0) is 13.2. The Morgan fingerprint density at radius 1 is 1.37 bits per heavy atom. The van der Waals surface area contributed by atoms with Gasteiger partial charge in [-0.3, -0.25) is 0 Å². The van der Waals surface area contributed by atoms with Gasteiger partial charge in [-0.15, -0.1) is 11.3 Å². The van der Waals surface area contributed by atoms with Crippen LogP contribution in [-0.2, 0) is 6.42 Å². The number of hydrogen-bond acceptors (Lipinski definition) is 7. The molecule has 0 saturated heterocycles. The minimum absolute atomic E-state index is 0.242. The molecule has 0 saturated carbocycles. The molecule has 3 heterocycles. The summed E-state index contributed by atoms with van der Waals surface area (Å²) in [5, 5.41) is 10.1. The average molecular weight is 296 g/mol. The minimum Gasteiger partial charge on any atom is -0.369 e. The van der Waals surface area contributed by atoms with E-state index in [0.717, 1.165) is 16.0 Å². The van der Waals surface area contributed by atoms with Gasteiger partial charge in [-0.05, 0) is 30.0 Å². The zero-order valence-corrected chi connectivity index (χ0v) is 11.6. The maximum Gasteiger partial charge on any atom is 0.228 e. The highest BCUT2D eigenvalue weighted by Crippen LogP contribution is 2.26. The molecule has 3 aromatic heterocycles. The molecule has 3 aromatic rings. The Labute approximate surface area is 117 Å². The number of nitrogens with zero attached hydrogens (tertiary/aromatic N) is 4. The smallest absolute Gasteiger partial charge is 0.228 e. The Morgan fingerprint density at radius 3 is 3.05 bits per heavy atom. The maximum atomic E-state index is 5.88. The molecule has 0 unspecified atom stereocenters. The van der Waals surface area contributed by atoms with Gasteiger partial charge < -0.3 is 9.84 Å². The Bertz CT molecular complexity index is 710. The van der Waals surface area contributed by atoms with Crippen molar-refractivity contribution in [3.8, 4) is 0 Å². The molecule has 1 N–H and O–H groups in total. The highest BCUT2D eigenvalue weighted by molar-refractivity contribution is 7.16. The number of aromatic nitrogens is 4. The number of rotatable bonds is 4. The molecule has 0 atom stereocenters. The van der Waals surface area contributed by atoms with E-state index in [-0.39, 0.29) is 5.28 Å². The van der Waals surface area contributed by atoms with Crippen LogP contribution in [0.2, 0.25) is 5.28 Å². The number of hydrogen-bond donors (Lipinski definition) is 1. The number of fused-ring (bicyclic) bond motifs is 1. The van der Waals surface area contributed by atoms with Crippen LogP contribution in [-0.4, -0.2) is 26.7 Å². The van der Waals surface area contributed by atoms with Gasteiger partial charge >= 0.3 is 0 Å². The monoisotopic (exact) mass is 295 g/mol. The summed E-state index contributed by atoms with van der Waals surface area (Å²) in [5.74, 6) is 1.97. The molecule has 0 spiro atoms. The van der Waals surface area contributed by atoms with Crippen LogP contribution in [0.1, 0.15) is 11.7 Å². The van der Waals surface area contributed by atoms with Crippen LogP contribution in [0.5, 0.6) is 0 Å². The first-order valence-electron chi connectivity index (χ1n) is 5.66. The largest absolute Gasteiger partial charge is 0.369 e. The van der Waals surface area contributed by atoms with Gasteiger partial charge in [0.2, 0.25) is 11.2 Å². The standard InChI is InChI=1S/C11H10ClN5OS/c1-6-14-8(18-17-6)2-4-13-9-7-3-5-19-10(7)16-11(12)15-9/h3,5H,2,4H2,1H3,(H,13,15,16). The van der Waals surface area contributed by atoms with Crippen LogP contribution in [0.3, 0.4) is 0 Å². The van der Waals surface area contributed by atoms with Crippen molar-refractivity contribution < 1.29 is 4.52 Å². The van der Waals surface area contributed by atoms with Crippen molar-refractivity contribution in [1.82, 2.24) is 20.1 Å². The Kier molecular flexibility index (Phi) is 3.31. The Morgan fingerprint density at radius 2 is 2.26 bits per heavy atom. The van der Waals surface area contributed by atoms with Crippen molar-refractivity contribution >= 4 is 39.0 Å². The average Bonchev–Trinajstić information content (AvgIpc) is 2.98. The molecule has 0 bridgehead atoms. The quantitative estimate of drug-likeness (QED) is 0.746. The molecule has 19 heavy (non-hydrogen) atoms. The van der Waals surface area contributed by atoms with Crippen molar-refractivity contribution in [2.24, 2.45) is 0 Å². The van der Waals surface area contributed by atoms with Crippen molar-refractivity contribution in [1.29, 1.82) is 0 Å². The first-order chi connectivity index (χ1) is 9.22. The second-order valence-electron chi connectivity index (χ2n) is 3.89. The molecule has 0 radical (unpaired) electrons. The Hall–Kier alpha value is -1.73. The van der Waals surface area contributed by atoms with Crippen molar-refractivity contribution in [2.45, 2.75) is 13.3 Å². The van der Waals surface area contributed by atoms with Gasteiger partial charge in [-0.1, -0.05) is 5.16 Å². The molecule has 0 aliphatic carbocycles. The fourth-order valence-electron chi connectivity index (χ4n) is 1.69. The van der Waals surface area contributed by atoms with Gasteiger partial charge in [0.1, 0.15) is 10.6 Å². The van der Waals surface area contributed by atoms with Crippen molar-refractivity contribution in [2.75, 3.05) is 11.9 Å². The summed E-state index contributed by atoms with van der Waals surface area (Å²) in [6.45, 7) is 2.43. The molecule has 0 aliphatic rings. The number of aryl methyl sites for hydroxylation is 1. The Balaban J connectivity index is 1.73. The molecule has 0 amide bonds. The van der Waals surface area contributed by atoms with Crippen LogP contribution in [0.4, 0.5) is 5.82 Å². The summed E-state index contributed by atoms with van der Waals surface area (Å²) < 4.78 is 5.04. The van der Waals surface area contributed by atoms with Gasteiger partial charge in [-0.25, -0.2) is 9.97 Å². The van der Waals surface area contributed by atoms with Gasteiger partial charge in [0.15, 0.2) is 5.82 Å². The third kappa shape index (κ3) is 2.66. The van der Waals surface area contributed by atoms with Crippen molar-refractivity contribution in [3.05, 3.63) is 28.4 Å². The van der Waals surface area contributed by atoms with E-state index < -0.39 is 0 Å². The highest BCUT2D eigenvalue weighted by Gasteiger charge is 2.08. The lowest BCUT2D eigenvalue weighted by molar-refractivity contribution is 0.377. The van der Waals surface area contributed by atoms with Crippen LogP contribution in [0, 0.1) is 6.92 Å². The second kappa shape index (κ2) is 5.10. The first-order valence-corrected chi connectivity index (χ1v) is 6.92. The molecule has 98 valence electrons.